The minimum absolute atomic E-state index is 0.102. The van der Waals surface area contributed by atoms with Crippen molar-refractivity contribution in [3.05, 3.63) is 24.3 Å². The van der Waals surface area contributed by atoms with Gasteiger partial charge in [0.1, 0.15) is 5.78 Å². The number of nitrogens with one attached hydrogen (secondary N) is 2. The van der Waals surface area contributed by atoms with E-state index in [1.54, 1.807) is 0 Å². The van der Waals surface area contributed by atoms with Gasteiger partial charge in [-0.3, -0.25) is 4.79 Å². The number of carbonyl (C=O) groups excluding carboxylic acids is 1. The van der Waals surface area contributed by atoms with Crippen molar-refractivity contribution in [2.24, 2.45) is 11.3 Å². The van der Waals surface area contributed by atoms with Crippen molar-refractivity contribution >= 4 is 17.2 Å². The topological polar surface area (TPSA) is 41.1 Å². The molecule has 2 atom stereocenters. The Bertz CT molecular complexity index is 481. The van der Waals surface area contributed by atoms with Gasteiger partial charge in [0.15, 0.2) is 0 Å². The second-order valence-electron chi connectivity index (χ2n) is 6.30. The van der Waals surface area contributed by atoms with E-state index in [0.29, 0.717) is 12.2 Å². The van der Waals surface area contributed by atoms with Crippen LogP contribution in [0.1, 0.15) is 26.7 Å². The Balaban J connectivity index is 1.92. The number of hydrogen-bond donors (Lipinski definition) is 2. The van der Waals surface area contributed by atoms with E-state index >= 15 is 0 Å². The van der Waals surface area contributed by atoms with Crippen LogP contribution in [0.5, 0.6) is 0 Å². The molecule has 1 saturated carbocycles. The summed E-state index contributed by atoms with van der Waals surface area (Å²) >= 11 is 0. The minimum Gasteiger partial charge on any atom is -0.383 e. The lowest BCUT2D eigenvalue weighted by Crippen LogP contribution is -2.46. The Kier molecular flexibility index (Phi) is 2.58. The Morgan fingerprint density at radius 2 is 1.94 bits per heavy atom. The first kappa shape index (κ1) is 11.6. The third-order valence-electron chi connectivity index (χ3n) is 4.10. The Morgan fingerprint density at radius 3 is 2.72 bits per heavy atom. The van der Waals surface area contributed by atoms with Gasteiger partial charge < -0.3 is 10.6 Å². The summed E-state index contributed by atoms with van der Waals surface area (Å²) in [5.41, 5.74) is 2.35. The first-order chi connectivity index (χ1) is 8.55. The molecule has 1 heterocycles. The number of fused-ring (bicyclic) bond motifs is 2. The monoisotopic (exact) mass is 244 g/mol. The smallest absolute Gasteiger partial charge is 0.140 e. The molecule has 0 amide bonds. The molecule has 3 heteroatoms. The molecule has 3 rings (SSSR count). The lowest BCUT2D eigenvalue weighted by Gasteiger charge is -2.39. The molecule has 1 aromatic carbocycles. The van der Waals surface area contributed by atoms with Crippen molar-refractivity contribution in [1.29, 1.82) is 0 Å². The van der Waals surface area contributed by atoms with Crippen LogP contribution >= 0.6 is 0 Å². The molecule has 0 saturated heterocycles. The molecule has 1 aliphatic carbocycles. The zero-order valence-corrected chi connectivity index (χ0v) is 11.0. The van der Waals surface area contributed by atoms with E-state index in [-0.39, 0.29) is 17.4 Å². The molecule has 1 aromatic rings. The maximum absolute atomic E-state index is 12.3. The van der Waals surface area contributed by atoms with Crippen LogP contribution in [0, 0.1) is 11.3 Å². The van der Waals surface area contributed by atoms with Gasteiger partial charge in [-0.05, 0) is 24.0 Å². The lowest BCUT2D eigenvalue weighted by molar-refractivity contribution is -0.127. The minimum atomic E-state index is 0.102. The van der Waals surface area contributed by atoms with Crippen LogP contribution in [0.3, 0.4) is 0 Å². The summed E-state index contributed by atoms with van der Waals surface area (Å²) in [6.45, 7) is 5.13. The number of anilines is 2. The van der Waals surface area contributed by atoms with E-state index in [1.807, 2.05) is 12.1 Å². The van der Waals surface area contributed by atoms with Crippen LogP contribution in [0.2, 0.25) is 0 Å². The summed E-state index contributed by atoms with van der Waals surface area (Å²) in [5.74, 6) is 0.495. The lowest BCUT2D eigenvalue weighted by atomic mass is 9.69. The zero-order chi connectivity index (χ0) is 12.8. The molecule has 0 radical (unpaired) electrons. The highest BCUT2D eigenvalue weighted by Crippen LogP contribution is 2.40. The van der Waals surface area contributed by atoms with Crippen molar-refractivity contribution in [2.45, 2.75) is 32.7 Å². The molecule has 2 aliphatic rings. The molecule has 3 nitrogen and oxygen atoms in total. The second-order valence-corrected chi connectivity index (χ2v) is 6.30. The SMILES string of the molecule is CC1(C)CC(=O)[C@H]2CNc3ccccc3N[C@@H]2C1. The highest BCUT2D eigenvalue weighted by atomic mass is 16.1. The van der Waals surface area contributed by atoms with Gasteiger partial charge in [0, 0.05) is 19.0 Å². The summed E-state index contributed by atoms with van der Waals surface area (Å²) in [6, 6.07) is 8.46. The van der Waals surface area contributed by atoms with Gasteiger partial charge in [0.05, 0.1) is 17.3 Å². The van der Waals surface area contributed by atoms with Crippen molar-refractivity contribution in [1.82, 2.24) is 0 Å². The molecule has 0 unspecified atom stereocenters. The molecule has 0 aromatic heterocycles. The zero-order valence-electron chi connectivity index (χ0n) is 11.0. The average molecular weight is 244 g/mol. The maximum Gasteiger partial charge on any atom is 0.140 e. The van der Waals surface area contributed by atoms with Crippen LogP contribution in [-0.2, 0) is 4.79 Å². The molecule has 1 fully saturated rings. The number of ketones is 1. The van der Waals surface area contributed by atoms with Gasteiger partial charge in [-0.15, -0.1) is 0 Å². The predicted octanol–water partition coefficient (Wildman–Crippen LogP) is 2.90. The van der Waals surface area contributed by atoms with E-state index in [1.165, 1.54) is 0 Å². The standard InChI is InChI=1S/C15H20N2O/c1-15(2)7-13-10(14(18)8-15)9-16-11-5-3-4-6-12(11)17-13/h3-6,10,13,16-17H,7-9H2,1-2H3/t10-,13+/m0/s1. The van der Waals surface area contributed by atoms with Crippen LogP contribution in [0.25, 0.3) is 0 Å². The number of hydrogen-bond acceptors (Lipinski definition) is 3. The van der Waals surface area contributed by atoms with Crippen LogP contribution < -0.4 is 10.6 Å². The summed E-state index contributed by atoms with van der Waals surface area (Å²) in [7, 11) is 0. The van der Waals surface area contributed by atoms with E-state index in [0.717, 1.165) is 24.3 Å². The normalized spacial score (nSPS) is 29.3. The molecular weight excluding hydrogens is 224 g/mol. The maximum atomic E-state index is 12.3. The summed E-state index contributed by atoms with van der Waals surface area (Å²) in [5, 5.41) is 6.96. The third-order valence-corrected chi connectivity index (χ3v) is 4.10. The Hall–Kier alpha value is -1.51. The first-order valence-electron chi connectivity index (χ1n) is 6.67. The van der Waals surface area contributed by atoms with Crippen molar-refractivity contribution in [3.8, 4) is 0 Å². The Morgan fingerprint density at radius 1 is 1.22 bits per heavy atom. The quantitative estimate of drug-likeness (QED) is 0.737. The molecule has 1 aliphatic heterocycles. The number of para-hydroxylation sites is 2. The largest absolute Gasteiger partial charge is 0.383 e. The van der Waals surface area contributed by atoms with Crippen LogP contribution in [-0.4, -0.2) is 18.4 Å². The fraction of sp³-hybridized carbons (Fsp3) is 0.533. The molecular formula is C15H20N2O. The third kappa shape index (κ3) is 1.98. The predicted molar refractivity (Wildman–Crippen MR) is 73.9 cm³/mol. The molecule has 96 valence electrons. The van der Waals surface area contributed by atoms with E-state index < -0.39 is 0 Å². The fourth-order valence-corrected chi connectivity index (χ4v) is 3.23. The van der Waals surface area contributed by atoms with Crippen molar-refractivity contribution < 1.29 is 4.79 Å². The van der Waals surface area contributed by atoms with Gasteiger partial charge in [-0.1, -0.05) is 26.0 Å². The summed E-state index contributed by atoms with van der Waals surface area (Å²) in [6.07, 6.45) is 1.76. The number of benzene rings is 1. The van der Waals surface area contributed by atoms with Gasteiger partial charge in [-0.2, -0.15) is 0 Å². The molecule has 0 bridgehead atoms. The Labute approximate surface area is 108 Å². The van der Waals surface area contributed by atoms with Crippen molar-refractivity contribution in [3.63, 3.8) is 0 Å². The van der Waals surface area contributed by atoms with E-state index in [4.69, 9.17) is 0 Å². The van der Waals surface area contributed by atoms with Crippen LogP contribution in [0.15, 0.2) is 24.3 Å². The van der Waals surface area contributed by atoms with E-state index in [2.05, 4.69) is 36.6 Å². The van der Waals surface area contributed by atoms with Gasteiger partial charge >= 0.3 is 0 Å². The van der Waals surface area contributed by atoms with E-state index in [9.17, 15) is 4.79 Å². The summed E-state index contributed by atoms with van der Waals surface area (Å²) < 4.78 is 0. The highest BCUT2D eigenvalue weighted by Gasteiger charge is 2.41. The van der Waals surface area contributed by atoms with Crippen molar-refractivity contribution in [2.75, 3.05) is 17.2 Å². The highest BCUT2D eigenvalue weighted by molar-refractivity contribution is 5.86. The van der Waals surface area contributed by atoms with Crippen LogP contribution in [0.4, 0.5) is 11.4 Å². The van der Waals surface area contributed by atoms with Gasteiger partial charge in [0.2, 0.25) is 0 Å². The molecule has 18 heavy (non-hydrogen) atoms. The number of rotatable bonds is 0. The summed E-state index contributed by atoms with van der Waals surface area (Å²) in [4.78, 5) is 12.3. The fourth-order valence-electron chi connectivity index (χ4n) is 3.23. The first-order valence-corrected chi connectivity index (χ1v) is 6.67. The number of Topliss-reactive ketones (excluding diaryl/α,β-unsaturated/α-hetero) is 1. The molecule has 0 spiro atoms. The average Bonchev–Trinajstić information content (AvgIpc) is 2.46. The van der Waals surface area contributed by atoms with Gasteiger partial charge in [0.25, 0.3) is 0 Å². The second kappa shape index (κ2) is 4.01. The van der Waals surface area contributed by atoms with Gasteiger partial charge in [-0.25, -0.2) is 0 Å². The molecule has 2 N–H and O–H groups in total. The number of carbonyl (C=O) groups is 1.